The van der Waals surface area contributed by atoms with Gasteiger partial charge in [-0.3, -0.25) is 9.97 Å². The lowest BCUT2D eigenvalue weighted by molar-refractivity contribution is -0.00467. The van der Waals surface area contributed by atoms with Crippen LogP contribution in [-0.2, 0) is 23.3 Å². The SMILES string of the molecule is BrCc1nc(C2CC(c3ccccc3OCc3ccccc3)CCC2OCc2ncccc2Br)ccc1Br. The smallest absolute Gasteiger partial charge is 0.123 e. The van der Waals surface area contributed by atoms with Gasteiger partial charge in [-0.25, -0.2) is 0 Å². The minimum atomic E-state index is 0.0504. The van der Waals surface area contributed by atoms with E-state index in [-0.39, 0.29) is 12.0 Å². The van der Waals surface area contributed by atoms with Crippen LogP contribution in [0.3, 0.4) is 0 Å². The Balaban J connectivity index is 1.39. The summed E-state index contributed by atoms with van der Waals surface area (Å²) in [5, 5.41) is 0.695. The summed E-state index contributed by atoms with van der Waals surface area (Å²) < 4.78 is 14.9. The molecule has 1 fully saturated rings. The Hall–Kier alpha value is -2.06. The van der Waals surface area contributed by atoms with Crippen molar-refractivity contribution in [2.45, 2.75) is 55.7 Å². The van der Waals surface area contributed by atoms with Crippen LogP contribution in [0.4, 0.5) is 0 Å². The van der Waals surface area contributed by atoms with Crippen molar-refractivity contribution in [3.8, 4) is 5.75 Å². The summed E-state index contributed by atoms with van der Waals surface area (Å²) in [7, 11) is 0. The molecule has 196 valence electrons. The normalized spacial score (nSPS) is 19.3. The van der Waals surface area contributed by atoms with Crippen LogP contribution in [0.5, 0.6) is 5.75 Å². The molecule has 1 saturated carbocycles. The summed E-state index contributed by atoms with van der Waals surface area (Å²) >= 11 is 10.8. The molecular weight excluding hydrogens is 672 g/mol. The van der Waals surface area contributed by atoms with E-state index in [1.54, 1.807) is 0 Å². The third-order valence-corrected chi connectivity index (χ3v) is 9.07. The molecule has 2 heterocycles. The third kappa shape index (κ3) is 6.74. The molecule has 4 nitrogen and oxygen atoms in total. The Bertz CT molecular complexity index is 1350. The third-order valence-electron chi connectivity index (χ3n) is 7.10. The number of benzene rings is 2. The number of ether oxygens (including phenoxy) is 2. The lowest BCUT2D eigenvalue weighted by atomic mass is 9.74. The van der Waals surface area contributed by atoms with Crippen molar-refractivity contribution in [3.05, 3.63) is 122 Å². The van der Waals surface area contributed by atoms with Gasteiger partial charge in [0.25, 0.3) is 0 Å². The van der Waals surface area contributed by atoms with Gasteiger partial charge in [0.15, 0.2) is 0 Å². The number of rotatable bonds is 9. The van der Waals surface area contributed by atoms with Crippen molar-refractivity contribution in [2.75, 3.05) is 0 Å². The summed E-state index contributed by atoms with van der Waals surface area (Å²) in [6.45, 7) is 1.02. The van der Waals surface area contributed by atoms with Gasteiger partial charge in [0, 0.05) is 32.1 Å². The Morgan fingerprint density at radius 3 is 2.39 bits per heavy atom. The lowest BCUT2D eigenvalue weighted by Crippen LogP contribution is -2.30. The molecule has 0 saturated heterocycles. The van der Waals surface area contributed by atoms with Gasteiger partial charge in [-0.15, -0.1) is 0 Å². The first-order chi connectivity index (χ1) is 18.6. The lowest BCUT2D eigenvalue weighted by Gasteiger charge is -2.36. The molecule has 7 heteroatoms. The van der Waals surface area contributed by atoms with E-state index in [1.165, 1.54) is 11.1 Å². The summed E-state index contributed by atoms with van der Waals surface area (Å²) in [5.74, 6) is 1.47. The number of pyridine rings is 2. The summed E-state index contributed by atoms with van der Waals surface area (Å²) in [5.41, 5.74) is 5.41. The predicted octanol–water partition coefficient (Wildman–Crippen LogP) is 9.11. The number of aromatic nitrogens is 2. The van der Waals surface area contributed by atoms with Crippen LogP contribution in [0.15, 0.2) is 94.0 Å². The maximum atomic E-state index is 6.55. The molecule has 5 rings (SSSR count). The van der Waals surface area contributed by atoms with Gasteiger partial charge in [0.2, 0.25) is 0 Å². The molecule has 1 aliphatic carbocycles. The molecule has 0 bridgehead atoms. The van der Waals surface area contributed by atoms with E-state index >= 15 is 0 Å². The van der Waals surface area contributed by atoms with Crippen LogP contribution in [0.2, 0.25) is 0 Å². The van der Waals surface area contributed by atoms with Crippen molar-refractivity contribution < 1.29 is 9.47 Å². The van der Waals surface area contributed by atoms with E-state index in [9.17, 15) is 0 Å². The second-order valence-corrected chi connectivity index (χ2v) is 11.8. The Kier molecular flexibility index (Phi) is 9.65. The van der Waals surface area contributed by atoms with Gasteiger partial charge in [0.1, 0.15) is 12.4 Å². The highest BCUT2D eigenvalue weighted by Crippen LogP contribution is 2.45. The molecule has 0 spiro atoms. The molecule has 0 N–H and O–H groups in total. The topological polar surface area (TPSA) is 44.2 Å². The minimum absolute atomic E-state index is 0.0504. The standard InChI is InChI=1S/C31H29Br3N2O2/c32-18-28-26(34)13-14-27(36-28)24-17-22(12-15-31(24)38-20-29-25(33)10-6-16-35-29)23-9-4-5-11-30(23)37-19-21-7-2-1-3-8-21/h1-11,13-14,16,22,24,31H,12,15,17-20H2. The number of para-hydroxylation sites is 1. The Morgan fingerprint density at radius 2 is 1.58 bits per heavy atom. The van der Waals surface area contributed by atoms with E-state index in [1.807, 2.05) is 36.5 Å². The zero-order valence-corrected chi connectivity index (χ0v) is 25.7. The van der Waals surface area contributed by atoms with E-state index in [0.717, 1.165) is 51.0 Å². The molecule has 0 amide bonds. The molecule has 2 aromatic heterocycles. The van der Waals surface area contributed by atoms with E-state index in [4.69, 9.17) is 14.5 Å². The first-order valence-electron chi connectivity index (χ1n) is 12.8. The highest BCUT2D eigenvalue weighted by Gasteiger charge is 2.35. The zero-order chi connectivity index (χ0) is 26.3. The Labute approximate surface area is 249 Å². The van der Waals surface area contributed by atoms with Gasteiger partial charge >= 0.3 is 0 Å². The van der Waals surface area contributed by atoms with Crippen molar-refractivity contribution in [1.82, 2.24) is 9.97 Å². The van der Waals surface area contributed by atoms with E-state index in [0.29, 0.717) is 24.5 Å². The van der Waals surface area contributed by atoms with Gasteiger partial charge < -0.3 is 9.47 Å². The first-order valence-corrected chi connectivity index (χ1v) is 15.5. The summed E-state index contributed by atoms with van der Waals surface area (Å²) in [4.78, 5) is 9.54. The maximum absolute atomic E-state index is 6.55. The fourth-order valence-corrected chi connectivity index (χ4v) is 6.67. The fraction of sp³-hybridized carbons (Fsp3) is 0.290. The molecule has 3 atom stereocenters. The summed E-state index contributed by atoms with van der Waals surface area (Å²) in [6, 6.07) is 27.0. The zero-order valence-electron chi connectivity index (χ0n) is 20.9. The van der Waals surface area contributed by atoms with E-state index < -0.39 is 0 Å². The minimum Gasteiger partial charge on any atom is -0.489 e. The molecule has 3 unspecified atom stereocenters. The quantitative estimate of drug-likeness (QED) is 0.164. The highest BCUT2D eigenvalue weighted by atomic mass is 79.9. The van der Waals surface area contributed by atoms with Gasteiger partial charge in [-0.1, -0.05) is 64.5 Å². The first kappa shape index (κ1) is 27.5. The van der Waals surface area contributed by atoms with Crippen LogP contribution < -0.4 is 4.74 Å². The molecule has 38 heavy (non-hydrogen) atoms. The van der Waals surface area contributed by atoms with Crippen LogP contribution in [0.1, 0.15) is 59.3 Å². The average Bonchev–Trinajstić information content (AvgIpc) is 2.97. The van der Waals surface area contributed by atoms with Crippen LogP contribution >= 0.6 is 47.8 Å². The second-order valence-electron chi connectivity index (χ2n) is 9.51. The van der Waals surface area contributed by atoms with Crippen molar-refractivity contribution in [3.63, 3.8) is 0 Å². The molecule has 0 aliphatic heterocycles. The summed E-state index contributed by atoms with van der Waals surface area (Å²) in [6.07, 6.45) is 4.76. The molecule has 1 aliphatic rings. The number of nitrogens with zero attached hydrogens (tertiary/aromatic N) is 2. The number of alkyl halides is 1. The van der Waals surface area contributed by atoms with Crippen LogP contribution in [0, 0.1) is 0 Å². The number of hydrogen-bond acceptors (Lipinski definition) is 4. The average molecular weight is 701 g/mol. The van der Waals surface area contributed by atoms with Crippen molar-refractivity contribution in [2.24, 2.45) is 0 Å². The Morgan fingerprint density at radius 1 is 0.789 bits per heavy atom. The fourth-order valence-electron chi connectivity index (χ4n) is 5.13. The largest absolute Gasteiger partial charge is 0.489 e. The highest BCUT2D eigenvalue weighted by molar-refractivity contribution is 9.11. The number of halogens is 3. The van der Waals surface area contributed by atoms with Gasteiger partial charge in [-0.05, 0) is 98.5 Å². The van der Waals surface area contributed by atoms with Gasteiger partial charge in [-0.2, -0.15) is 0 Å². The number of hydrogen-bond donors (Lipinski definition) is 0. The molecule has 2 aromatic carbocycles. The van der Waals surface area contributed by atoms with E-state index in [2.05, 4.69) is 101 Å². The van der Waals surface area contributed by atoms with Gasteiger partial charge in [0.05, 0.1) is 24.1 Å². The molecular formula is C31H29Br3N2O2. The van der Waals surface area contributed by atoms with Crippen molar-refractivity contribution >= 4 is 47.8 Å². The van der Waals surface area contributed by atoms with Crippen LogP contribution in [0.25, 0.3) is 0 Å². The molecule has 4 aromatic rings. The van der Waals surface area contributed by atoms with Crippen molar-refractivity contribution in [1.29, 1.82) is 0 Å². The van der Waals surface area contributed by atoms with Crippen LogP contribution in [-0.4, -0.2) is 16.1 Å². The monoisotopic (exact) mass is 698 g/mol. The maximum Gasteiger partial charge on any atom is 0.123 e. The molecule has 0 radical (unpaired) electrons. The second kappa shape index (κ2) is 13.3. The predicted molar refractivity (Wildman–Crippen MR) is 162 cm³/mol.